The number of aromatic carboxylic acids is 1. The fraction of sp³-hybridized carbons (Fsp3) is 0.500. The van der Waals surface area contributed by atoms with Crippen LogP contribution in [0.4, 0.5) is 0 Å². The molecule has 0 atom stereocenters. The first-order valence-electron chi connectivity index (χ1n) is 12.8. The van der Waals surface area contributed by atoms with Gasteiger partial charge in [-0.25, -0.2) is 14.5 Å². The average molecular weight is 461 g/mol. The summed E-state index contributed by atoms with van der Waals surface area (Å²) in [6.07, 6.45) is 16.5. The molecule has 180 valence electrons. The Hall–Kier alpha value is -3.02. The number of benzene rings is 1. The van der Waals surface area contributed by atoms with Crippen LogP contribution in [0.25, 0.3) is 11.1 Å². The van der Waals surface area contributed by atoms with Crippen LogP contribution in [0.5, 0.6) is 0 Å². The van der Waals surface area contributed by atoms with Gasteiger partial charge in [-0.1, -0.05) is 76.1 Å². The number of aromatic nitrogens is 4. The van der Waals surface area contributed by atoms with E-state index < -0.39 is 5.97 Å². The maximum absolute atomic E-state index is 11.5. The Bertz CT molecular complexity index is 1070. The van der Waals surface area contributed by atoms with Gasteiger partial charge in [0.1, 0.15) is 5.82 Å². The molecule has 0 saturated heterocycles. The first-order valence-corrected chi connectivity index (χ1v) is 12.8. The molecule has 1 aromatic carbocycles. The van der Waals surface area contributed by atoms with E-state index in [1.807, 2.05) is 12.1 Å². The van der Waals surface area contributed by atoms with E-state index in [4.69, 9.17) is 10.1 Å². The van der Waals surface area contributed by atoms with Crippen LogP contribution >= 0.6 is 0 Å². The molecule has 0 bridgehead atoms. The second-order valence-corrected chi connectivity index (χ2v) is 9.53. The van der Waals surface area contributed by atoms with Crippen LogP contribution in [-0.4, -0.2) is 30.8 Å². The van der Waals surface area contributed by atoms with Gasteiger partial charge in [0.25, 0.3) is 0 Å². The molecule has 6 nitrogen and oxygen atoms in total. The number of hydrogen-bond donors (Lipinski definition) is 1. The summed E-state index contributed by atoms with van der Waals surface area (Å²) in [5.41, 5.74) is 2.90. The van der Waals surface area contributed by atoms with Gasteiger partial charge in [0.05, 0.1) is 12.1 Å². The number of aryl methyl sites for hydroxylation is 2. The molecule has 3 aromatic rings. The second-order valence-electron chi connectivity index (χ2n) is 9.53. The Morgan fingerprint density at radius 3 is 2.59 bits per heavy atom. The van der Waals surface area contributed by atoms with Gasteiger partial charge in [0.15, 0.2) is 5.82 Å². The zero-order valence-electron chi connectivity index (χ0n) is 20.2. The van der Waals surface area contributed by atoms with Crippen molar-refractivity contribution in [2.45, 2.75) is 84.1 Å². The Kier molecular flexibility index (Phi) is 8.45. The number of pyridine rings is 1. The fourth-order valence-electron chi connectivity index (χ4n) is 4.96. The number of carboxylic acids is 1. The molecule has 2 aromatic heterocycles. The van der Waals surface area contributed by atoms with Crippen LogP contribution in [0.2, 0.25) is 0 Å². The van der Waals surface area contributed by atoms with Crippen molar-refractivity contribution >= 4 is 5.97 Å². The molecule has 34 heavy (non-hydrogen) atoms. The number of nitrogens with zero attached hydrogens (tertiary/aromatic N) is 4. The fourth-order valence-corrected chi connectivity index (χ4v) is 4.96. The molecule has 1 fully saturated rings. The summed E-state index contributed by atoms with van der Waals surface area (Å²) in [5.74, 6) is 1.93. The van der Waals surface area contributed by atoms with Crippen molar-refractivity contribution in [1.29, 1.82) is 0 Å². The highest BCUT2D eigenvalue weighted by atomic mass is 16.4. The van der Waals surface area contributed by atoms with Crippen molar-refractivity contribution in [3.63, 3.8) is 0 Å². The van der Waals surface area contributed by atoms with Gasteiger partial charge in [-0.05, 0) is 41.5 Å². The average Bonchev–Trinajstić information content (AvgIpc) is 3.25. The van der Waals surface area contributed by atoms with Crippen LogP contribution in [0, 0.1) is 5.92 Å². The minimum atomic E-state index is -0.965. The third-order valence-corrected chi connectivity index (χ3v) is 6.95. The highest BCUT2D eigenvalue weighted by Gasteiger charge is 2.16. The van der Waals surface area contributed by atoms with E-state index in [2.05, 4.69) is 28.7 Å². The maximum Gasteiger partial charge on any atom is 0.337 e. The summed E-state index contributed by atoms with van der Waals surface area (Å²) in [6.45, 7) is 2.90. The number of carbonyl (C=O) groups is 1. The Balaban J connectivity index is 1.47. The lowest BCUT2D eigenvalue weighted by molar-refractivity contribution is 0.0697. The van der Waals surface area contributed by atoms with E-state index in [9.17, 15) is 9.90 Å². The monoisotopic (exact) mass is 460 g/mol. The lowest BCUT2D eigenvalue weighted by atomic mass is 9.86. The zero-order valence-corrected chi connectivity index (χ0v) is 20.2. The predicted molar refractivity (Wildman–Crippen MR) is 134 cm³/mol. The van der Waals surface area contributed by atoms with E-state index in [1.165, 1.54) is 57.6 Å². The van der Waals surface area contributed by atoms with E-state index in [-0.39, 0.29) is 5.56 Å². The van der Waals surface area contributed by atoms with Crippen molar-refractivity contribution in [2.24, 2.45) is 5.92 Å². The number of carboxylic acid groups (broad SMARTS) is 1. The lowest BCUT2D eigenvalue weighted by Crippen LogP contribution is -2.08. The molecule has 0 radical (unpaired) electrons. The molecule has 1 aliphatic carbocycles. The van der Waals surface area contributed by atoms with Crippen LogP contribution in [0.3, 0.4) is 0 Å². The molecular weight excluding hydrogens is 424 g/mol. The van der Waals surface area contributed by atoms with Crippen molar-refractivity contribution in [1.82, 2.24) is 19.7 Å². The highest BCUT2D eigenvalue weighted by molar-refractivity contribution is 5.95. The standard InChI is InChI=1S/C28H36N4O2/c1-2-3-5-10-27-30-26(16-13-21-8-6-4-7-9-21)31-32(27)20-22-11-14-23(15-12-22)24-17-18-29-19-25(24)28(33)34/h11-12,14-15,17-19,21H,2-10,13,16,20H2,1H3,(H,33,34). The second kappa shape index (κ2) is 11.9. The van der Waals surface area contributed by atoms with Gasteiger partial charge in [-0.3, -0.25) is 4.98 Å². The minimum absolute atomic E-state index is 0.215. The molecule has 0 aliphatic heterocycles. The van der Waals surface area contributed by atoms with Gasteiger partial charge in [-0.2, -0.15) is 5.10 Å². The molecule has 2 heterocycles. The topological polar surface area (TPSA) is 80.9 Å². The molecule has 1 aliphatic rings. The molecule has 1 saturated carbocycles. The molecule has 1 N–H and O–H groups in total. The van der Waals surface area contributed by atoms with Crippen LogP contribution in [-0.2, 0) is 19.4 Å². The normalized spacial score (nSPS) is 14.4. The molecular formula is C28H36N4O2. The van der Waals surface area contributed by atoms with Crippen LogP contribution in [0.15, 0.2) is 42.7 Å². The largest absolute Gasteiger partial charge is 0.478 e. The van der Waals surface area contributed by atoms with E-state index in [0.29, 0.717) is 12.1 Å². The summed E-state index contributed by atoms with van der Waals surface area (Å²) in [6, 6.07) is 9.82. The quantitative estimate of drug-likeness (QED) is 0.338. The summed E-state index contributed by atoms with van der Waals surface area (Å²) >= 11 is 0. The molecule has 6 heteroatoms. The maximum atomic E-state index is 11.5. The summed E-state index contributed by atoms with van der Waals surface area (Å²) < 4.78 is 2.08. The molecule has 4 rings (SSSR count). The van der Waals surface area contributed by atoms with E-state index in [1.54, 1.807) is 12.3 Å². The van der Waals surface area contributed by atoms with Gasteiger partial charge in [0, 0.05) is 25.2 Å². The summed E-state index contributed by atoms with van der Waals surface area (Å²) in [4.78, 5) is 20.4. The van der Waals surface area contributed by atoms with Gasteiger partial charge < -0.3 is 5.11 Å². The van der Waals surface area contributed by atoms with Crippen LogP contribution < -0.4 is 0 Å². The first-order chi connectivity index (χ1) is 16.6. The number of hydrogen-bond acceptors (Lipinski definition) is 4. The van der Waals surface area contributed by atoms with Crippen molar-refractivity contribution in [3.8, 4) is 11.1 Å². The molecule has 0 amide bonds. The van der Waals surface area contributed by atoms with Crippen molar-refractivity contribution < 1.29 is 9.90 Å². The number of unbranched alkanes of at least 4 members (excludes halogenated alkanes) is 2. The van der Waals surface area contributed by atoms with Gasteiger partial charge in [0.2, 0.25) is 0 Å². The van der Waals surface area contributed by atoms with Gasteiger partial charge in [-0.15, -0.1) is 0 Å². The lowest BCUT2D eigenvalue weighted by Gasteiger charge is -2.20. The van der Waals surface area contributed by atoms with E-state index >= 15 is 0 Å². The highest BCUT2D eigenvalue weighted by Crippen LogP contribution is 2.27. The minimum Gasteiger partial charge on any atom is -0.478 e. The third kappa shape index (κ3) is 6.31. The van der Waals surface area contributed by atoms with Crippen molar-refractivity contribution in [2.75, 3.05) is 0 Å². The van der Waals surface area contributed by atoms with Gasteiger partial charge >= 0.3 is 5.97 Å². The summed E-state index contributed by atoms with van der Waals surface area (Å²) in [5, 5.41) is 14.4. The summed E-state index contributed by atoms with van der Waals surface area (Å²) in [7, 11) is 0. The predicted octanol–water partition coefficient (Wildman–Crippen LogP) is 6.33. The number of rotatable bonds is 11. The van der Waals surface area contributed by atoms with Crippen molar-refractivity contribution in [3.05, 3.63) is 65.5 Å². The zero-order chi connectivity index (χ0) is 23.8. The molecule has 0 unspecified atom stereocenters. The Morgan fingerprint density at radius 1 is 1.06 bits per heavy atom. The van der Waals surface area contributed by atoms with Crippen LogP contribution in [0.1, 0.15) is 92.3 Å². The smallest absolute Gasteiger partial charge is 0.337 e. The third-order valence-electron chi connectivity index (χ3n) is 6.95. The Labute approximate surface area is 202 Å². The van der Waals surface area contributed by atoms with E-state index in [0.717, 1.165) is 48.0 Å². The SMILES string of the molecule is CCCCCc1nc(CCC2CCCCC2)nn1Cc1ccc(-c2ccncc2C(=O)O)cc1. The Morgan fingerprint density at radius 2 is 1.85 bits per heavy atom. The first kappa shape index (κ1) is 24.1. The molecule has 0 spiro atoms.